The highest BCUT2D eigenvalue weighted by atomic mass is 32.1. The zero-order chi connectivity index (χ0) is 13.0. The van der Waals surface area contributed by atoms with Crippen molar-refractivity contribution in [2.45, 2.75) is 25.9 Å². The van der Waals surface area contributed by atoms with Crippen molar-refractivity contribution in [1.29, 1.82) is 0 Å². The predicted molar refractivity (Wildman–Crippen MR) is 70.2 cm³/mol. The summed E-state index contributed by atoms with van der Waals surface area (Å²) >= 11 is 1.53. The lowest BCUT2D eigenvalue weighted by molar-refractivity contribution is -0.118. The first-order valence-corrected chi connectivity index (χ1v) is 6.93. The van der Waals surface area contributed by atoms with Crippen molar-refractivity contribution in [2.24, 2.45) is 0 Å². The van der Waals surface area contributed by atoms with Crippen molar-refractivity contribution in [2.75, 3.05) is 13.2 Å². The molecule has 18 heavy (non-hydrogen) atoms. The predicted octanol–water partition coefficient (Wildman–Crippen LogP) is 1.98. The molecule has 0 saturated heterocycles. The van der Waals surface area contributed by atoms with E-state index in [1.165, 1.54) is 11.3 Å². The van der Waals surface area contributed by atoms with Crippen LogP contribution in [0.3, 0.4) is 0 Å². The fraction of sp³-hybridized carbons (Fsp3) is 0.462. The van der Waals surface area contributed by atoms with Crippen molar-refractivity contribution in [3.05, 3.63) is 33.7 Å². The Morgan fingerprint density at radius 1 is 1.67 bits per heavy atom. The van der Waals surface area contributed by atoms with Gasteiger partial charge in [-0.05, 0) is 42.2 Å². The summed E-state index contributed by atoms with van der Waals surface area (Å²) in [6.07, 6.45) is 0.963. The number of aliphatic hydroxyl groups is 1. The van der Waals surface area contributed by atoms with E-state index in [0.29, 0.717) is 17.9 Å². The van der Waals surface area contributed by atoms with E-state index in [1.807, 2.05) is 23.8 Å². The monoisotopic (exact) mass is 267 g/mol. The van der Waals surface area contributed by atoms with Gasteiger partial charge in [-0.3, -0.25) is 4.79 Å². The molecular weight excluding hydrogens is 250 g/mol. The lowest BCUT2D eigenvalue weighted by atomic mass is 10.1. The summed E-state index contributed by atoms with van der Waals surface area (Å²) in [5, 5.41) is 16.4. The van der Waals surface area contributed by atoms with E-state index in [9.17, 15) is 9.90 Å². The number of ether oxygens (including phenoxy) is 1. The number of hydrogen-bond acceptors (Lipinski definition) is 4. The van der Waals surface area contributed by atoms with Crippen LogP contribution in [0.25, 0.3) is 0 Å². The Hall–Kier alpha value is -1.33. The minimum atomic E-state index is -0.648. The third-order valence-electron chi connectivity index (χ3n) is 2.97. The number of hydrogen-bond donors (Lipinski definition) is 2. The van der Waals surface area contributed by atoms with Crippen LogP contribution in [0.1, 0.15) is 31.4 Å². The molecule has 0 fully saturated rings. The van der Waals surface area contributed by atoms with Crippen molar-refractivity contribution in [1.82, 2.24) is 5.32 Å². The molecule has 0 saturated carbocycles. The molecule has 1 unspecified atom stereocenters. The van der Waals surface area contributed by atoms with E-state index < -0.39 is 6.10 Å². The molecular formula is C13H17NO3S. The largest absolute Gasteiger partial charge is 0.498 e. The second kappa shape index (κ2) is 6.02. The highest BCUT2D eigenvalue weighted by Gasteiger charge is 2.18. The van der Waals surface area contributed by atoms with E-state index >= 15 is 0 Å². The first-order chi connectivity index (χ1) is 8.68. The van der Waals surface area contributed by atoms with Crippen LogP contribution in [0.2, 0.25) is 0 Å². The number of nitrogens with one attached hydrogen (secondary N) is 1. The molecule has 2 heterocycles. The molecule has 1 amide bonds. The van der Waals surface area contributed by atoms with E-state index in [4.69, 9.17) is 4.74 Å². The summed E-state index contributed by atoms with van der Waals surface area (Å²) < 4.78 is 5.35. The van der Waals surface area contributed by atoms with Crippen LogP contribution >= 0.6 is 11.3 Å². The zero-order valence-electron chi connectivity index (χ0n) is 10.3. The molecule has 0 spiro atoms. The number of aliphatic hydroxyl groups excluding tert-OH is 1. The summed E-state index contributed by atoms with van der Waals surface area (Å²) in [4.78, 5) is 11.9. The standard InChI is InChI=1S/C13H17NO3S/c1-9-11(3-2-5-17-9)13(16)14-7-12(15)10-4-6-18-8-10/h4,6,8,12,15H,2-3,5,7H2,1H3,(H,14,16). The molecule has 1 atom stereocenters. The Labute approximate surface area is 110 Å². The molecule has 1 aromatic heterocycles. The number of thiophene rings is 1. The fourth-order valence-corrected chi connectivity index (χ4v) is 2.60. The minimum Gasteiger partial charge on any atom is -0.498 e. The topological polar surface area (TPSA) is 58.6 Å². The summed E-state index contributed by atoms with van der Waals surface area (Å²) in [6, 6.07) is 1.86. The molecule has 98 valence electrons. The van der Waals surface area contributed by atoms with Crippen LogP contribution in [-0.2, 0) is 9.53 Å². The molecule has 0 radical (unpaired) electrons. The van der Waals surface area contributed by atoms with Gasteiger partial charge in [-0.25, -0.2) is 0 Å². The Morgan fingerprint density at radius 3 is 3.17 bits per heavy atom. The van der Waals surface area contributed by atoms with Gasteiger partial charge in [-0.2, -0.15) is 11.3 Å². The van der Waals surface area contributed by atoms with Gasteiger partial charge in [-0.1, -0.05) is 0 Å². The lowest BCUT2D eigenvalue weighted by Crippen LogP contribution is -2.31. The highest BCUT2D eigenvalue weighted by Crippen LogP contribution is 2.19. The van der Waals surface area contributed by atoms with Gasteiger partial charge < -0.3 is 15.2 Å². The first kappa shape index (κ1) is 13.1. The van der Waals surface area contributed by atoms with E-state index in [2.05, 4.69) is 5.32 Å². The van der Waals surface area contributed by atoms with Gasteiger partial charge in [0.25, 0.3) is 5.91 Å². The SMILES string of the molecule is CC1=C(C(=O)NCC(O)c2ccsc2)CCCO1. The summed E-state index contributed by atoms with van der Waals surface area (Å²) in [7, 11) is 0. The first-order valence-electron chi connectivity index (χ1n) is 5.99. The van der Waals surface area contributed by atoms with Crippen LogP contribution in [-0.4, -0.2) is 24.2 Å². The number of carbonyl (C=O) groups is 1. The maximum absolute atomic E-state index is 11.9. The zero-order valence-corrected chi connectivity index (χ0v) is 11.1. The van der Waals surface area contributed by atoms with E-state index in [0.717, 1.165) is 18.4 Å². The molecule has 1 aliphatic heterocycles. The van der Waals surface area contributed by atoms with E-state index in [-0.39, 0.29) is 12.5 Å². The van der Waals surface area contributed by atoms with Gasteiger partial charge in [0.15, 0.2) is 0 Å². The average Bonchev–Trinajstić information content (AvgIpc) is 2.90. The average molecular weight is 267 g/mol. The number of allylic oxidation sites excluding steroid dienone is 1. The van der Waals surface area contributed by atoms with Crippen molar-refractivity contribution < 1.29 is 14.6 Å². The summed E-state index contributed by atoms with van der Waals surface area (Å²) in [5.74, 6) is 0.560. The third kappa shape index (κ3) is 3.11. The third-order valence-corrected chi connectivity index (χ3v) is 3.67. The summed E-state index contributed by atoms with van der Waals surface area (Å²) in [5.41, 5.74) is 1.53. The number of rotatable bonds is 4. The molecule has 2 N–H and O–H groups in total. The molecule has 4 nitrogen and oxygen atoms in total. The normalized spacial score (nSPS) is 17.2. The number of carbonyl (C=O) groups excluding carboxylic acids is 1. The highest BCUT2D eigenvalue weighted by molar-refractivity contribution is 7.07. The van der Waals surface area contributed by atoms with Gasteiger partial charge in [0.05, 0.1) is 18.3 Å². The smallest absolute Gasteiger partial charge is 0.250 e. The molecule has 2 rings (SSSR count). The van der Waals surface area contributed by atoms with Gasteiger partial charge in [-0.15, -0.1) is 0 Å². The molecule has 0 aliphatic carbocycles. The van der Waals surface area contributed by atoms with Crippen LogP contribution in [0.15, 0.2) is 28.2 Å². The van der Waals surface area contributed by atoms with Gasteiger partial charge in [0.2, 0.25) is 0 Å². The Morgan fingerprint density at radius 2 is 2.50 bits per heavy atom. The minimum absolute atomic E-state index is 0.138. The van der Waals surface area contributed by atoms with Crippen molar-refractivity contribution in [3.63, 3.8) is 0 Å². The van der Waals surface area contributed by atoms with Crippen molar-refractivity contribution >= 4 is 17.2 Å². The molecule has 0 bridgehead atoms. The molecule has 1 aromatic rings. The molecule has 0 aromatic carbocycles. The van der Waals surface area contributed by atoms with Crippen molar-refractivity contribution in [3.8, 4) is 0 Å². The van der Waals surface area contributed by atoms with Crippen LogP contribution in [0.4, 0.5) is 0 Å². The van der Waals surface area contributed by atoms with Crippen LogP contribution in [0, 0.1) is 0 Å². The summed E-state index contributed by atoms with van der Waals surface area (Å²) in [6.45, 7) is 2.72. The maximum atomic E-state index is 11.9. The lowest BCUT2D eigenvalue weighted by Gasteiger charge is -2.19. The Bertz CT molecular complexity index is 439. The molecule has 5 heteroatoms. The quantitative estimate of drug-likeness (QED) is 0.877. The Kier molecular flexibility index (Phi) is 4.38. The second-order valence-electron chi connectivity index (χ2n) is 4.27. The fourth-order valence-electron chi connectivity index (χ4n) is 1.89. The second-order valence-corrected chi connectivity index (χ2v) is 5.05. The number of amides is 1. The van der Waals surface area contributed by atoms with E-state index in [1.54, 1.807) is 0 Å². The Balaban J connectivity index is 1.88. The van der Waals surface area contributed by atoms with Gasteiger partial charge in [0.1, 0.15) is 5.76 Å². The van der Waals surface area contributed by atoms with Crippen LogP contribution in [0.5, 0.6) is 0 Å². The molecule has 1 aliphatic rings. The van der Waals surface area contributed by atoms with Gasteiger partial charge in [0, 0.05) is 6.54 Å². The van der Waals surface area contributed by atoms with Gasteiger partial charge >= 0.3 is 0 Å². The van der Waals surface area contributed by atoms with Crippen LogP contribution < -0.4 is 5.32 Å². The maximum Gasteiger partial charge on any atom is 0.250 e.